The van der Waals surface area contributed by atoms with Crippen LogP contribution in [0.25, 0.3) is 0 Å². The van der Waals surface area contributed by atoms with Crippen molar-refractivity contribution in [2.45, 2.75) is 18.0 Å². The molecule has 3 aromatic rings. The molecule has 3 aromatic carbocycles. The average Bonchev–Trinajstić information content (AvgIpc) is 2.73. The molecule has 0 fully saturated rings. The van der Waals surface area contributed by atoms with Gasteiger partial charge in [-0.05, 0) is 35.4 Å². The molecule has 0 aliphatic rings. The summed E-state index contributed by atoms with van der Waals surface area (Å²) in [6.07, 6.45) is 0. The fraction of sp³-hybridized carbons (Fsp3) is 0.182. The molecule has 0 amide bonds. The maximum Gasteiger partial charge on any atom is 0.246 e. The third-order valence-corrected chi connectivity index (χ3v) is 6.29. The Labute approximate surface area is 174 Å². The van der Waals surface area contributed by atoms with Crippen molar-refractivity contribution in [2.24, 2.45) is 0 Å². The first kappa shape index (κ1) is 21.7. The van der Waals surface area contributed by atoms with Gasteiger partial charge in [-0.3, -0.25) is 0 Å². The molecule has 0 atom stereocenters. The van der Waals surface area contributed by atoms with Gasteiger partial charge in [0, 0.05) is 19.7 Å². The van der Waals surface area contributed by atoms with E-state index in [1.54, 1.807) is 18.2 Å². The lowest BCUT2D eigenvalue weighted by atomic mass is 10.2. The van der Waals surface area contributed by atoms with Crippen LogP contribution in [-0.4, -0.2) is 26.9 Å². The second-order valence-electron chi connectivity index (χ2n) is 6.60. The molecule has 0 bridgehead atoms. The zero-order chi connectivity index (χ0) is 21.7. The Hall–Kier alpha value is -2.97. The molecule has 30 heavy (non-hydrogen) atoms. The van der Waals surface area contributed by atoms with Crippen molar-refractivity contribution in [3.8, 4) is 11.5 Å². The minimum absolute atomic E-state index is 0.0333. The van der Waals surface area contributed by atoms with Crippen molar-refractivity contribution in [2.75, 3.05) is 14.2 Å². The summed E-state index contributed by atoms with van der Waals surface area (Å²) in [4.78, 5) is -0.582. The molecule has 0 spiro atoms. The first-order valence-electron chi connectivity index (χ1n) is 9.06. The van der Waals surface area contributed by atoms with Gasteiger partial charge in [-0.15, -0.1) is 0 Å². The van der Waals surface area contributed by atoms with E-state index in [0.717, 1.165) is 22.0 Å². The molecule has 0 aliphatic heterocycles. The van der Waals surface area contributed by atoms with E-state index in [9.17, 15) is 17.2 Å². The number of rotatable bonds is 8. The largest absolute Gasteiger partial charge is 0.493 e. The SMILES string of the molecule is COc1cc(CN(C)S(=O)(=O)c2ccc(F)cc2F)ccc1OCc1ccccc1. The summed E-state index contributed by atoms with van der Waals surface area (Å²) in [5.74, 6) is -1.02. The molecule has 8 heteroatoms. The number of hydrogen-bond donors (Lipinski definition) is 0. The van der Waals surface area contributed by atoms with Crippen LogP contribution in [0.2, 0.25) is 0 Å². The highest BCUT2D eigenvalue weighted by Gasteiger charge is 2.25. The van der Waals surface area contributed by atoms with E-state index in [0.29, 0.717) is 29.7 Å². The molecule has 5 nitrogen and oxygen atoms in total. The fourth-order valence-electron chi connectivity index (χ4n) is 2.86. The Bertz CT molecular complexity index is 1120. The minimum Gasteiger partial charge on any atom is -0.493 e. The first-order chi connectivity index (χ1) is 14.3. The van der Waals surface area contributed by atoms with E-state index in [1.165, 1.54) is 14.2 Å². The number of nitrogens with zero attached hydrogens (tertiary/aromatic N) is 1. The number of ether oxygens (including phenoxy) is 2. The summed E-state index contributed by atoms with van der Waals surface area (Å²) >= 11 is 0. The zero-order valence-corrected chi connectivity index (χ0v) is 17.3. The molecule has 0 radical (unpaired) electrons. The van der Waals surface area contributed by atoms with Crippen molar-refractivity contribution in [3.63, 3.8) is 0 Å². The lowest BCUT2D eigenvalue weighted by Gasteiger charge is -2.19. The van der Waals surface area contributed by atoms with Gasteiger partial charge < -0.3 is 9.47 Å². The van der Waals surface area contributed by atoms with Gasteiger partial charge in [-0.25, -0.2) is 17.2 Å². The molecule has 158 valence electrons. The second-order valence-corrected chi connectivity index (χ2v) is 8.61. The van der Waals surface area contributed by atoms with E-state index < -0.39 is 26.6 Å². The van der Waals surface area contributed by atoms with Crippen LogP contribution in [0.5, 0.6) is 11.5 Å². The number of methoxy groups -OCH3 is 1. The van der Waals surface area contributed by atoms with E-state index in [4.69, 9.17) is 9.47 Å². The monoisotopic (exact) mass is 433 g/mol. The third kappa shape index (κ3) is 4.95. The van der Waals surface area contributed by atoms with E-state index in [-0.39, 0.29) is 6.54 Å². The van der Waals surface area contributed by atoms with Gasteiger partial charge >= 0.3 is 0 Å². The predicted molar refractivity (Wildman–Crippen MR) is 109 cm³/mol. The van der Waals surface area contributed by atoms with Crippen LogP contribution in [0, 0.1) is 11.6 Å². The summed E-state index contributed by atoms with van der Waals surface area (Å²) in [5, 5.41) is 0. The quantitative estimate of drug-likeness (QED) is 0.529. The Morgan fingerprint density at radius 2 is 1.63 bits per heavy atom. The number of benzene rings is 3. The first-order valence-corrected chi connectivity index (χ1v) is 10.5. The molecule has 0 heterocycles. The molecule has 0 aromatic heterocycles. The highest BCUT2D eigenvalue weighted by Crippen LogP contribution is 2.30. The Balaban J connectivity index is 1.76. The number of sulfonamides is 1. The van der Waals surface area contributed by atoms with Gasteiger partial charge in [0.15, 0.2) is 11.5 Å². The van der Waals surface area contributed by atoms with E-state index in [1.807, 2.05) is 30.3 Å². The van der Waals surface area contributed by atoms with Gasteiger partial charge in [0.05, 0.1) is 7.11 Å². The predicted octanol–water partition coefficient (Wildman–Crippen LogP) is 4.37. The fourth-order valence-corrected chi connectivity index (χ4v) is 4.06. The van der Waals surface area contributed by atoms with Crippen molar-refractivity contribution in [1.29, 1.82) is 0 Å². The van der Waals surface area contributed by atoms with Gasteiger partial charge in [-0.1, -0.05) is 36.4 Å². The van der Waals surface area contributed by atoms with Gasteiger partial charge in [0.2, 0.25) is 10.0 Å². The topological polar surface area (TPSA) is 55.8 Å². The average molecular weight is 433 g/mol. The molecule has 0 unspecified atom stereocenters. The normalized spacial score (nSPS) is 11.5. The van der Waals surface area contributed by atoms with Gasteiger partial charge in [0.1, 0.15) is 23.1 Å². The van der Waals surface area contributed by atoms with E-state index >= 15 is 0 Å². The molecule has 0 saturated heterocycles. The summed E-state index contributed by atoms with van der Waals surface area (Å²) in [5.41, 5.74) is 1.61. The molecule has 0 aliphatic carbocycles. The van der Waals surface area contributed by atoms with Crippen LogP contribution in [0.1, 0.15) is 11.1 Å². The smallest absolute Gasteiger partial charge is 0.246 e. The maximum absolute atomic E-state index is 14.0. The molecule has 3 rings (SSSR count). The van der Waals surface area contributed by atoms with Crippen molar-refractivity contribution >= 4 is 10.0 Å². The molecule has 0 N–H and O–H groups in total. The minimum atomic E-state index is -4.14. The molecule has 0 saturated carbocycles. The van der Waals surface area contributed by atoms with Crippen molar-refractivity contribution < 1.29 is 26.7 Å². The highest BCUT2D eigenvalue weighted by atomic mass is 32.2. The van der Waals surface area contributed by atoms with Gasteiger partial charge in [-0.2, -0.15) is 4.31 Å². The van der Waals surface area contributed by atoms with Crippen molar-refractivity contribution in [3.05, 3.63) is 89.5 Å². The van der Waals surface area contributed by atoms with Crippen LogP contribution < -0.4 is 9.47 Å². The van der Waals surface area contributed by atoms with Crippen LogP contribution in [-0.2, 0) is 23.2 Å². The molecular weight excluding hydrogens is 412 g/mol. The Morgan fingerprint density at radius 3 is 2.30 bits per heavy atom. The standard InChI is InChI=1S/C22H21F2NO4S/c1-25(30(26,27)22-11-9-18(23)13-19(22)24)14-17-8-10-20(21(12-17)28-2)29-15-16-6-4-3-5-7-16/h3-13H,14-15H2,1-2H3. The summed E-state index contributed by atoms with van der Waals surface area (Å²) in [6.45, 7) is 0.323. The maximum atomic E-state index is 14.0. The summed E-state index contributed by atoms with van der Waals surface area (Å²) < 4.78 is 64.5. The van der Waals surface area contributed by atoms with Crippen molar-refractivity contribution in [1.82, 2.24) is 4.31 Å². The zero-order valence-electron chi connectivity index (χ0n) is 16.5. The lowest BCUT2D eigenvalue weighted by molar-refractivity contribution is 0.284. The van der Waals surface area contributed by atoms with Gasteiger partial charge in [0.25, 0.3) is 0 Å². The van der Waals surface area contributed by atoms with Crippen LogP contribution in [0.3, 0.4) is 0 Å². The summed E-state index contributed by atoms with van der Waals surface area (Å²) in [6, 6.07) is 17.1. The van der Waals surface area contributed by atoms with Crippen LogP contribution in [0.4, 0.5) is 8.78 Å². The Morgan fingerprint density at radius 1 is 0.900 bits per heavy atom. The van der Waals surface area contributed by atoms with Crippen LogP contribution >= 0.6 is 0 Å². The van der Waals surface area contributed by atoms with Crippen LogP contribution in [0.15, 0.2) is 71.6 Å². The number of hydrogen-bond acceptors (Lipinski definition) is 4. The number of halogens is 2. The Kier molecular flexibility index (Phi) is 6.69. The third-order valence-electron chi connectivity index (χ3n) is 4.45. The molecular formula is C22H21F2NO4S. The summed E-state index contributed by atoms with van der Waals surface area (Å²) in [7, 11) is -1.33. The second kappa shape index (κ2) is 9.23. The highest BCUT2D eigenvalue weighted by molar-refractivity contribution is 7.89. The van der Waals surface area contributed by atoms with E-state index in [2.05, 4.69) is 0 Å². The lowest BCUT2D eigenvalue weighted by Crippen LogP contribution is -2.27.